The van der Waals surface area contributed by atoms with Crippen molar-refractivity contribution in [2.24, 2.45) is 5.92 Å². The summed E-state index contributed by atoms with van der Waals surface area (Å²) in [5.41, 5.74) is 0. The maximum absolute atomic E-state index is 6.10. The molecular weight excluding hydrogens is 194 g/mol. The number of piperidine rings is 1. The fourth-order valence-corrected chi connectivity index (χ4v) is 3.01. The van der Waals surface area contributed by atoms with Gasteiger partial charge in [0.2, 0.25) is 0 Å². The SMILES string of the molecule is ClC1CCN(CC2CCCCC2)CC1. The molecule has 0 aromatic rings. The van der Waals surface area contributed by atoms with Crippen LogP contribution in [0.15, 0.2) is 0 Å². The van der Waals surface area contributed by atoms with E-state index in [1.54, 1.807) is 0 Å². The molecule has 1 heterocycles. The number of likely N-dealkylation sites (tertiary alicyclic amines) is 1. The Labute approximate surface area is 92.8 Å². The van der Waals surface area contributed by atoms with E-state index in [0.717, 1.165) is 5.92 Å². The Bertz CT molecular complexity index is 158. The second kappa shape index (κ2) is 5.37. The van der Waals surface area contributed by atoms with E-state index in [0.29, 0.717) is 5.38 Å². The van der Waals surface area contributed by atoms with Gasteiger partial charge in [0.15, 0.2) is 0 Å². The number of rotatable bonds is 2. The average Bonchev–Trinajstić information content (AvgIpc) is 2.23. The van der Waals surface area contributed by atoms with Crippen molar-refractivity contribution >= 4 is 11.6 Å². The number of alkyl halides is 1. The first-order chi connectivity index (χ1) is 6.84. The molecule has 0 radical (unpaired) electrons. The van der Waals surface area contributed by atoms with Gasteiger partial charge in [0, 0.05) is 11.9 Å². The lowest BCUT2D eigenvalue weighted by atomic mass is 9.88. The highest BCUT2D eigenvalue weighted by Gasteiger charge is 2.21. The lowest BCUT2D eigenvalue weighted by Crippen LogP contribution is -2.37. The molecule has 1 nitrogen and oxygen atoms in total. The first kappa shape index (κ1) is 10.8. The van der Waals surface area contributed by atoms with Crippen LogP contribution in [0.3, 0.4) is 0 Å². The van der Waals surface area contributed by atoms with E-state index in [-0.39, 0.29) is 0 Å². The third-order valence-electron chi connectivity index (χ3n) is 3.76. The fraction of sp³-hybridized carbons (Fsp3) is 1.00. The first-order valence-corrected chi connectivity index (χ1v) is 6.64. The second-order valence-corrected chi connectivity index (χ2v) is 5.60. The summed E-state index contributed by atoms with van der Waals surface area (Å²) in [6.07, 6.45) is 9.76. The monoisotopic (exact) mass is 215 g/mol. The number of halogens is 1. The quantitative estimate of drug-likeness (QED) is 0.640. The molecule has 2 aliphatic rings. The van der Waals surface area contributed by atoms with Gasteiger partial charge in [-0.2, -0.15) is 0 Å². The van der Waals surface area contributed by atoms with Crippen LogP contribution in [0.1, 0.15) is 44.9 Å². The minimum Gasteiger partial charge on any atom is -0.303 e. The maximum Gasteiger partial charge on any atom is 0.0360 e. The van der Waals surface area contributed by atoms with Crippen molar-refractivity contribution in [1.29, 1.82) is 0 Å². The van der Waals surface area contributed by atoms with Crippen LogP contribution in [0.25, 0.3) is 0 Å². The lowest BCUT2D eigenvalue weighted by Gasteiger charge is -2.33. The average molecular weight is 216 g/mol. The van der Waals surface area contributed by atoms with Gasteiger partial charge in [-0.05, 0) is 44.7 Å². The molecule has 14 heavy (non-hydrogen) atoms. The predicted molar refractivity (Wildman–Crippen MR) is 61.9 cm³/mol. The molecule has 1 aliphatic heterocycles. The summed E-state index contributed by atoms with van der Waals surface area (Å²) in [7, 11) is 0. The summed E-state index contributed by atoms with van der Waals surface area (Å²) in [6, 6.07) is 0. The Hall–Kier alpha value is 0.250. The number of nitrogens with zero attached hydrogens (tertiary/aromatic N) is 1. The molecule has 82 valence electrons. The molecule has 0 aromatic heterocycles. The van der Waals surface area contributed by atoms with Crippen molar-refractivity contribution in [2.75, 3.05) is 19.6 Å². The molecule has 2 heteroatoms. The summed E-state index contributed by atoms with van der Waals surface area (Å²) in [5, 5.41) is 0.456. The zero-order valence-corrected chi connectivity index (χ0v) is 9.81. The smallest absolute Gasteiger partial charge is 0.0360 e. The third kappa shape index (κ3) is 3.13. The summed E-state index contributed by atoms with van der Waals surface area (Å²) < 4.78 is 0. The Morgan fingerprint density at radius 1 is 0.929 bits per heavy atom. The van der Waals surface area contributed by atoms with Gasteiger partial charge in [-0.25, -0.2) is 0 Å². The van der Waals surface area contributed by atoms with E-state index in [2.05, 4.69) is 4.90 Å². The fourth-order valence-electron chi connectivity index (χ4n) is 2.82. The van der Waals surface area contributed by atoms with E-state index in [1.807, 2.05) is 0 Å². The molecule has 0 spiro atoms. The van der Waals surface area contributed by atoms with E-state index in [1.165, 1.54) is 64.6 Å². The van der Waals surface area contributed by atoms with Crippen molar-refractivity contribution in [2.45, 2.75) is 50.3 Å². The highest BCUT2D eigenvalue weighted by Crippen LogP contribution is 2.26. The van der Waals surface area contributed by atoms with Crippen LogP contribution in [0.5, 0.6) is 0 Å². The largest absolute Gasteiger partial charge is 0.303 e. The minimum atomic E-state index is 0.456. The van der Waals surface area contributed by atoms with Gasteiger partial charge in [-0.15, -0.1) is 11.6 Å². The lowest BCUT2D eigenvalue weighted by molar-refractivity contribution is 0.175. The van der Waals surface area contributed by atoms with Crippen LogP contribution < -0.4 is 0 Å². The zero-order chi connectivity index (χ0) is 9.80. The van der Waals surface area contributed by atoms with E-state index >= 15 is 0 Å². The molecular formula is C12H22ClN. The van der Waals surface area contributed by atoms with E-state index in [9.17, 15) is 0 Å². The van der Waals surface area contributed by atoms with Gasteiger partial charge in [0.25, 0.3) is 0 Å². The topological polar surface area (TPSA) is 3.24 Å². The van der Waals surface area contributed by atoms with Crippen LogP contribution in [0.2, 0.25) is 0 Å². The first-order valence-electron chi connectivity index (χ1n) is 6.21. The molecule has 0 aromatic carbocycles. The summed E-state index contributed by atoms with van der Waals surface area (Å²) in [4.78, 5) is 2.63. The van der Waals surface area contributed by atoms with Gasteiger partial charge < -0.3 is 4.90 Å². The third-order valence-corrected chi connectivity index (χ3v) is 4.19. The summed E-state index contributed by atoms with van der Waals surface area (Å²) in [5.74, 6) is 0.996. The van der Waals surface area contributed by atoms with Gasteiger partial charge in [-0.3, -0.25) is 0 Å². The minimum absolute atomic E-state index is 0.456. The van der Waals surface area contributed by atoms with Crippen molar-refractivity contribution < 1.29 is 0 Å². The van der Waals surface area contributed by atoms with Crippen molar-refractivity contribution in [3.63, 3.8) is 0 Å². The summed E-state index contributed by atoms with van der Waals surface area (Å²) in [6.45, 7) is 3.83. The Kier molecular flexibility index (Phi) is 4.12. The molecule has 2 rings (SSSR count). The molecule has 1 saturated heterocycles. The van der Waals surface area contributed by atoms with E-state index in [4.69, 9.17) is 11.6 Å². The Balaban J connectivity index is 1.68. The van der Waals surface area contributed by atoms with Gasteiger partial charge in [-0.1, -0.05) is 19.3 Å². The zero-order valence-electron chi connectivity index (χ0n) is 9.05. The second-order valence-electron chi connectivity index (χ2n) is 4.98. The predicted octanol–water partition coefficient (Wildman–Crippen LogP) is 3.27. The highest BCUT2D eigenvalue weighted by atomic mass is 35.5. The maximum atomic E-state index is 6.10. The van der Waals surface area contributed by atoms with E-state index < -0.39 is 0 Å². The molecule has 1 aliphatic carbocycles. The summed E-state index contributed by atoms with van der Waals surface area (Å²) >= 11 is 6.10. The van der Waals surface area contributed by atoms with Crippen LogP contribution in [-0.4, -0.2) is 29.9 Å². The Morgan fingerprint density at radius 3 is 2.21 bits per heavy atom. The van der Waals surface area contributed by atoms with Crippen LogP contribution in [0, 0.1) is 5.92 Å². The molecule has 0 N–H and O–H groups in total. The Morgan fingerprint density at radius 2 is 1.57 bits per heavy atom. The van der Waals surface area contributed by atoms with Crippen molar-refractivity contribution in [1.82, 2.24) is 4.90 Å². The van der Waals surface area contributed by atoms with Crippen molar-refractivity contribution in [3.8, 4) is 0 Å². The molecule has 1 saturated carbocycles. The number of hydrogen-bond donors (Lipinski definition) is 0. The molecule has 0 amide bonds. The molecule has 0 unspecified atom stereocenters. The highest BCUT2D eigenvalue weighted by molar-refractivity contribution is 6.20. The standard InChI is InChI=1S/C12H22ClN/c13-12-6-8-14(9-7-12)10-11-4-2-1-3-5-11/h11-12H,1-10H2. The normalized spacial score (nSPS) is 28.1. The van der Waals surface area contributed by atoms with Crippen LogP contribution >= 0.6 is 11.6 Å². The van der Waals surface area contributed by atoms with Crippen molar-refractivity contribution in [3.05, 3.63) is 0 Å². The molecule has 0 atom stereocenters. The van der Waals surface area contributed by atoms with Gasteiger partial charge in [0.05, 0.1) is 0 Å². The number of hydrogen-bond acceptors (Lipinski definition) is 1. The van der Waals surface area contributed by atoms with Crippen LogP contribution in [0.4, 0.5) is 0 Å². The molecule has 0 bridgehead atoms. The van der Waals surface area contributed by atoms with Gasteiger partial charge >= 0.3 is 0 Å². The van der Waals surface area contributed by atoms with Crippen LogP contribution in [-0.2, 0) is 0 Å². The molecule has 2 fully saturated rings. The van der Waals surface area contributed by atoms with Gasteiger partial charge in [0.1, 0.15) is 0 Å².